The largest absolute Gasteiger partial charge is 0.358 e. The molecule has 2 aromatic rings. The van der Waals surface area contributed by atoms with Crippen molar-refractivity contribution in [3.63, 3.8) is 0 Å². The Bertz CT molecular complexity index is 645. The van der Waals surface area contributed by atoms with Crippen LogP contribution in [0.1, 0.15) is 35.6 Å². The van der Waals surface area contributed by atoms with Crippen LogP contribution in [0.15, 0.2) is 10.4 Å². The molecule has 0 fully saturated rings. The second-order valence-electron chi connectivity index (χ2n) is 5.23. The number of ketones is 1. The van der Waals surface area contributed by atoms with Crippen molar-refractivity contribution >= 4 is 34.0 Å². The minimum absolute atomic E-state index is 0.134. The molecule has 0 saturated carbocycles. The van der Waals surface area contributed by atoms with E-state index in [-0.39, 0.29) is 5.78 Å². The second-order valence-corrected chi connectivity index (χ2v) is 7.43. The van der Waals surface area contributed by atoms with Gasteiger partial charge < -0.3 is 9.88 Å². The molecular formula is C14H20N4OS2. The highest BCUT2D eigenvalue weighted by atomic mass is 32.2. The summed E-state index contributed by atoms with van der Waals surface area (Å²) in [5.74, 6) is 0.524. The van der Waals surface area contributed by atoms with Crippen LogP contribution in [0.25, 0.3) is 0 Å². The first-order chi connectivity index (χ1) is 9.88. The van der Waals surface area contributed by atoms with Crippen LogP contribution in [-0.2, 0) is 7.05 Å². The number of anilines is 1. The highest BCUT2D eigenvalue weighted by molar-refractivity contribution is 8.01. The lowest BCUT2D eigenvalue weighted by atomic mass is 10.2. The van der Waals surface area contributed by atoms with Crippen LogP contribution in [0.5, 0.6) is 0 Å². The molecule has 0 aliphatic rings. The van der Waals surface area contributed by atoms with Gasteiger partial charge >= 0.3 is 0 Å². The maximum Gasteiger partial charge on any atom is 0.206 e. The summed E-state index contributed by atoms with van der Waals surface area (Å²) in [7, 11) is 1.98. The summed E-state index contributed by atoms with van der Waals surface area (Å²) >= 11 is 2.92. The van der Waals surface area contributed by atoms with Crippen molar-refractivity contribution in [1.82, 2.24) is 14.8 Å². The van der Waals surface area contributed by atoms with Gasteiger partial charge in [0.2, 0.25) is 5.13 Å². The van der Waals surface area contributed by atoms with Crippen LogP contribution in [0, 0.1) is 13.8 Å². The Kier molecular flexibility index (Phi) is 5.05. The molecule has 0 aliphatic heterocycles. The van der Waals surface area contributed by atoms with Gasteiger partial charge in [0.05, 0.1) is 5.75 Å². The molecule has 0 amide bonds. The summed E-state index contributed by atoms with van der Waals surface area (Å²) in [6.45, 7) is 8.09. The predicted molar refractivity (Wildman–Crippen MR) is 88.6 cm³/mol. The Hall–Kier alpha value is -1.34. The smallest absolute Gasteiger partial charge is 0.206 e. The molecule has 21 heavy (non-hydrogen) atoms. The number of carbonyl (C=O) groups excluding carboxylic acids is 1. The van der Waals surface area contributed by atoms with E-state index in [1.807, 2.05) is 31.5 Å². The van der Waals surface area contributed by atoms with Crippen molar-refractivity contribution in [3.05, 3.63) is 23.0 Å². The average molecular weight is 324 g/mol. The van der Waals surface area contributed by atoms with E-state index < -0.39 is 0 Å². The van der Waals surface area contributed by atoms with Gasteiger partial charge in [0.1, 0.15) is 0 Å². The molecule has 0 atom stereocenters. The average Bonchev–Trinajstić information content (AvgIpc) is 2.96. The Morgan fingerprint density at radius 1 is 1.43 bits per heavy atom. The minimum Gasteiger partial charge on any atom is -0.358 e. The first-order valence-electron chi connectivity index (χ1n) is 6.77. The van der Waals surface area contributed by atoms with Crippen LogP contribution in [0.4, 0.5) is 5.13 Å². The SMILES string of the molecule is Cc1cc(C(=O)CSc2nnc(NC(C)C)s2)c(C)n1C. The molecule has 0 saturated heterocycles. The quantitative estimate of drug-likeness (QED) is 0.652. The molecule has 2 aromatic heterocycles. The summed E-state index contributed by atoms with van der Waals surface area (Å²) in [5, 5.41) is 12.2. The van der Waals surface area contributed by atoms with Crippen LogP contribution in [0.2, 0.25) is 0 Å². The molecule has 7 heteroatoms. The van der Waals surface area contributed by atoms with Gasteiger partial charge in [-0.05, 0) is 33.8 Å². The molecule has 114 valence electrons. The predicted octanol–water partition coefficient (Wildman–Crippen LogP) is 3.29. The van der Waals surface area contributed by atoms with E-state index in [1.54, 1.807) is 0 Å². The van der Waals surface area contributed by atoms with Gasteiger partial charge in [-0.1, -0.05) is 23.1 Å². The number of nitrogens with one attached hydrogen (secondary N) is 1. The first kappa shape index (κ1) is 16.0. The lowest BCUT2D eigenvalue weighted by Crippen LogP contribution is -2.08. The number of Topliss-reactive ketones (excluding diaryl/α,β-unsaturated/α-hetero) is 1. The number of carbonyl (C=O) groups is 1. The molecular weight excluding hydrogens is 304 g/mol. The van der Waals surface area contributed by atoms with Crippen molar-refractivity contribution in [2.75, 3.05) is 11.1 Å². The molecule has 0 aromatic carbocycles. The summed E-state index contributed by atoms with van der Waals surface area (Å²) in [6, 6.07) is 2.27. The molecule has 1 N–H and O–H groups in total. The van der Waals surface area contributed by atoms with Crippen LogP contribution in [0.3, 0.4) is 0 Å². The van der Waals surface area contributed by atoms with E-state index in [4.69, 9.17) is 0 Å². The van der Waals surface area contributed by atoms with E-state index >= 15 is 0 Å². The number of hydrogen-bond donors (Lipinski definition) is 1. The monoisotopic (exact) mass is 324 g/mol. The Morgan fingerprint density at radius 2 is 2.14 bits per heavy atom. The van der Waals surface area contributed by atoms with Gasteiger partial charge in [-0.15, -0.1) is 10.2 Å². The number of aromatic nitrogens is 3. The molecule has 0 radical (unpaired) electrons. The van der Waals surface area contributed by atoms with Crippen molar-refractivity contribution in [2.45, 2.75) is 38.1 Å². The molecule has 0 spiro atoms. The topological polar surface area (TPSA) is 59.8 Å². The van der Waals surface area contributed by atoms with E-state index in [0.29, 0.717) is 11.8 Å². The molecule has 0 aliphatic carbocycles. The van der Waals surface area contributed by atoms with Gasteiger partial charge in [-0.25, -0.2) is 0 Å². The van der Waals surface area contributed by atoms with Crippen molar-refractivity contribution in [3.8, 4) is 0 Å². The highest BCUT2D eigenvalue weighted by Gasteiger charge is 2.15. The fourth-order valence-corrected chi connectivity index (χ4v) is 3.70. The zero-order chi connectivity index (χ0) is 15.6. The fraction of sp³-hybridized carbons (Fsp3) is 0.500. The maximum absolute atomic E-state index is 12.3. The molecule has 2 heterocycles. The van der Waals surface area contributed by atoms with Gasteiger partial charge in [0.25, 0.3) is 0 Å². The standard InChI is InChI=1S/C14H20N4OS2/c1-8(2)15-13-16-17-14(21-13)20-7-12(19)11-6-9(3)18(5)10(11)4/h6,8H,7H2,1-5H3,(H,15,16). The number of thioether (sulfide) groups is 1. The van der Waals surface area contributed by atoms with Gasteiger partial charge in [-0.2, -0.15) is 0 Å². The number of rotatable bonds is 6. The molecule has 0 bridgehead atoms. The Labute approximate surface area is 133 Å². The Balaban J connectivity index is 1.97. The minimum atomic E-state index is 0.134. The third-order valence-electron chi connectivity index (χ3n) is 3.22. The number of nitrogens with zero attached hydrogens (tertiary/aromatic N) is 3. The fourth-order valence-electron chi connectivity index (χ4n) is 1.92. The van der Waals surface area contributed by atoms with Crippen molar-refractivity contribution < 1.29 is 4.79 Å². The van der Waals surface area contributed by atoms with Crippen LogP contribution < -0.4 is 5.32 Å². The third kappa shape index (κ3) is 3.85. The summed E-state index contributed by atoms with van der Waals surface area (Å²) in [4.78, 5) is 12.3. The second kappa shape index (κ2) is 6.62. The third-order valence-corrected chi connectivity index (χ3v) is 5.21. The zero-order valence-corrected chi connectivity index (χ0v) is 14.6. The van der Waals surface area contributed by atoms with E-state index in [9.17, 15) is 4.79 Å². The zero-order valence-electron chi connectivity index (χ0n) is 12.9. The van der Waals surface area contributed by atoms with E-state index in [0.717, 1.165) is 26.4 Å². The number of hydrogen-bond acceptors (Lipinski definition) is 6. The van der Waals surface area contributed by atoms with Gasteiger partial charge in [-0.3, -0.25) is 4.79 Å². The van der Waals surface area contributed by atoms with Gasteiger partial charge in [0.15, 0.2) is 10.1 Å². The van der Waals surface area contributed by atoms with Crippen LogP contribution in [-0.4, -0.2) is 32.3 Å². The first-order valence-corrected chi connectivity index (χ1v) is 8.57. The number of aryl methyl sites for hydroxylation is 1. The normalized spacial score (nSPS) is 11.1. The summed E-state index contributed by atoms with van der Waals surface area (Å²) in [5.41, 5.74) is 2.91. The summed E-state index contributed by atoms with van der Waals surface area (Å²) in [6.07, 6.45) is 0. The van der Waals surface area contributed by atoms with Crippen molar-refractivity contribution in [1.29, 1.82) is 0 Å². The van der Waals surface area contributed by atoms with Gasteiger partial charge in [0, 0.05) is 30.0 Å². The van der Waals surface area contributed by atoms with Crippen molar-refractivity contribution in [2.24, 2.45) is 7.05 Å². The summed E-state index contributed by atoms with van der Waals surface area (Å²) < 4.78 is 2.85. The molecule has 5 nitrogen and oxygen atoms in total. The maximum atomic E-state index is 12.3. The Morgan fingerprint density at radius 3 is 2.71 bits per heavy atom. The van der Waals surface area contributed by atoms with E-state index in [1.165, 1.54) is 23.1 Å². The lowest BCUT2D eigenvalue weighted by Gasteiger charge is -2.03. The molecule has 0 unspecified atom stereocenters. The molecule has 2 rings (SSSR count). The van der Waals surface area contributed by atoms with E-state index in [2.05, 4.69) is 29.4 Å². The lowest BCUT2D eigenvalue weighted by molar-refractivity contribution is 0.102. The van der Waals surface area contributed by atoms with Crippen LogP contribution >= 0.6 is 23.1 Å². The highest BCUT2D eigenvalue weighted by Crippen LogP contribution is 2.27.